The van der Waals surface area contributed by atoms with Crippen molar-refractivity contribution in [2.45, 2.75) is 12.8 Å². The Balaban J connectivity index is 2.46. The average molecular weight is 183 g/mol. The highest BCUT2D eigenvalue weighted by Crippen LogP contribution is 2.28. The Bertz CT molecular complexity index is 293. The number of hydrogen-bond acceptors (Lipinski definition) is 4. The first-order chi connectivity index (χ1) is 5.79. The number of aliphatic imine (C=N–C) groups is 1. The SMILES string of the molecule is O=C1CCN=C2SCCC(O)=C12. The summed E-state index contributed by atoms with van der Waals surface area (Å²) >= 11 is 1.57. The molecule has 0 aromatic rings. The van der Waals surface area contributed by atoms with E-state index in [1.54, 1.807) is 11.8 Å². The zero-order valence-corrected chi connectivity index (χ0v) is 7.36. The molecule has 0 bridgehead atoms. The van der Waals surface area contributed by atoms with Gasteiger partial charge in [0.1, 0.15) is 10.8 Å². The van der Waals surface area contributed by atoms with E-state index in [4.69, 9.17) is 0 Å². The van der Waals surface area contributed by atoms with Gasteiger partial charge in [-0.2, -0.15) is 0 Å². The second-order valence-electron chi connectivity index (χ2n) is 2.78. The van der Waals surface area contributed by atoms with Crippen molar-refractivity contribution >= 4 is 22.6 Å². The fourth-order valence-electron chi connectivity index (χ4n) is 1.35. The molecule has 2 rings (SSSR count). The molecular weight excluding hydrogens is 174 g/mol. The van der Waals surface area contributed by atoms with Gasteiger partial charge in [0.25, 0.3) is 0 Å². The van der Waals surface area contributed by atoms with Crippen LogP contribution in [0.5, 0.6) is 0 Å². The summed E-state index contributed by atoms with van der Waals surface area (Å²) < 4.78 is 0. The lowest BCUT2D eigenvalue weighted by Gasteiger charge is -2.19. The summed E-state index contributed by atoms with van der Waals surface area (Å²) in [5, 5.41) is 10.2. The van der Waals surface area contributed by atoms with E-state index in [-0.39, 0.29) is 11.5 Å². The summed E-state index contributed by atoms with van der Waals surface area (Å²) in [4.78, 5) is 15.5. The zero-order valence-electron chi connectivity index (χ0n) is 6.54. The molecule has 64 valence electrons. The number of carbonyl (C=O) groups is 1. The van der Waals surface area contributed by atoms with E-state index in [9.17, 15) is 9.90 Å². The molecule has 2 aliphatic rings. The third-order valence-electron chi connectivity index (χ3n) is 1.95. The van der Waals surface area contributed by atoms with E-state index in [1.165, 1.54) is 0 Å². The number of thioether (sulfide) groups is 1. The van der Waals surface area contributed by atoms with Gasteiger partial charge in [-0.25, -0.2) is 0 Å². The van der Waals surface area contributed by atoms with E-state index in [0.29, 0.717) is 25.0 Å². The van der Waals surface area contributed by atoms with Crippen molar-refractivity contribution in [2.75, 3.05) is 12.3 Å². The van der Waals surface area contributed by atoms with Crippen LogP contribution in [0.3, 0.4) is 0 Å². The molecule has 4 heteroatoms. The van der Waals surface area contributed by atoms with Crippen LogP contribution in [-0.4, -0.2) is 28.2 Å². The monoisotopic (exact) mass is 183 g/mol. The summed E-state index contributed by atoms with van der Waals surface area (Å²) in [6.45, 7) is 0.581. The molecule has 0 saturated heterocycles. The molecule has 0 atom stereocenters. The van der Waals surface area contributed by atoms with Gasteiger partial charge in [-0.3, -0.25) is 9.79 Å². The molecule has 2 aliphatic heterocycles. The molecule has 1 N–H and O–H groups in total. The molecule has 0 spiro atoms. The van der Waals surface area contributed by atoms with Crippen molar-refractivity contribution in [1.29, 1.82) is 0 Å². The van der Waals surface area contributed by atoms with E-state index in [2.05, 4.69) is 4.99 Å². The van der Waals surface area contributed by atoms with E-state index in [0.717, 1.165) is 10.8 Å². The predicted molar refractivity (Wildman–Crippen MR) is 48.7 cm³/mol. The Labute approximate surface area is 74.6 Å². The Morgan fingerprint density at radius 1 is 1.42 bits per heavy atom. The van der Waals surface area contributed by atoms with Crippen molar-refractivity contribution in [3.63, 3.8) is 0 Å². The predicted octanol–water partition coefficient (Wildman–Crippen LogP) is 1.31. The molecule has 0 aliphatic carbocycles. The number of nitrogens with zero attached hydrogens (tertiary/aromatic N) is 1. The summed E-state index contributed by atoms with van der Waals surface area (Å²) in [5.41, 5.74) is 0.484. The number of carbonyl (C=O) groups excluding carboxylic acids is 1. The smallest absolute Gasteiger partial charge is 0.170 e. The summed E-state index contributed by atoms with van der Waals surface area (Å²) in [6.07, 6.45) is 1.05. The van der Waals surface area contributed by atoms with Crippen LogP contribution in [0, 0.1) is 0 Å². The Morgan fingerprint density at radius 3 is 3.00 bits per heavy atom. The number of allylic oxidation sites excluding steroid dienone is 1. The molecule has 12 heavy (non-hydrogen) atoms. The lowest BCUT2D eigenvalue weighted by Crippen LogP contribution is -2.22. The maximum Gasteiger partial charge on any atom is 0.170 e. The molecule has 0 fully saturated rings. The summed E-state index contributed by atoms with van der Waals surface area (Å²) in [6, 6.07) is 0. The van der Waals surface area contributed by atoms with Gasteiger partial charge in [-0.15, -0.1) is 11.8 Å². The highest BCUT2D eigenvalue weighted by molar-refractivity contribution is 8.14. The molecule has 3 nitrogen and oxygen atoms in total. The first-order valence-electron chi connectivity index (χ1n) is 3.92. The van der Waals surface area contributed by atoms with Crippen LogP contribution in [0.15, 0.2) is 16.3 Å². The minimum Gasteiger partial charge on any atom is -0.511 e. The van der Waals surface area contributed by atoms with Crippen LogP contribution in [0.4, 0.5) is 0 Å². The van der Waals surface area contributed by atoms with Gasteiger partial charge < -0.3 is 5.11 Å². The Kier molecular flexibility index (Phi) is 1.92. The van der Waals surface area contributed by atoms with E-state index in [1.807, 2.05) is 0 Å². The molecule has 0 aromatic carbocycles. The second-order valence-corrected chi connectivity index (χ2v) is 3.86. The van der Waals surface area contributed by atoms with Gasteiger partial charge in [0.2, 0.25) is 0 Å². The highest BCUT2D eigenvalue weighted by atomic mass is 32.2. The van der Waals surface area contributed by atoms with Gasteiger partial charge in [-0.1, -0.05) is 0 Å². The lowest BCUT2D eigenvalue weighted by molar-refractivity contribution is -0.115. The first-order valence-corrected chi connectivity index (χ1v) is 4.90. The topological polar surface area (TPSA) is 49.7 Å². The molecule has 0 amide bonds. The first kappa shape index (κ1) is 7.86. The Morgan fingerprint density at radius 2 is 2.25 bits per heavy atom. The largest absolute Gasteiger partial charge is 0.511 e. The fraction of sp³-hybridized carbons (Fsp3) is 0.500. The molecular formula is C8H9NO2S. The van der Waals surface area contributed by atoms with Crippen LogP contribution in [0.1, 0.15) is 12.8 Å². The number of hydrogen-bond donors (Lipinski definition) is 1. The van der Waals surface area contributed by atoms with E-state index < -0.39 is 0 Å². The van der Waals surface area contributed by atoms with Crippen molar-refractivity contribution in [2.24, 2.45) is 4.99 Å². The number of ketones is 1. The van der Waals surface area contributed by atoms with Crippen LogP contribution in [0.2, 0.25) is 0 Å². The third-order valence-corrected chi connectivity index (χ3v) is 2.97. The van der Waals surface area contributed by atoms with Crippen LogP contribution < -0.4 is 0 Å². The van der Waals surface area contributed by atoms with Gasteiger partial charge in [0, 0.05) is 25.1 Å². The Hall–Kier alpha value is -0.770. The van der Waals surface area contributed by atoms with Crippen LogP contribution >= 0.6 is 11.8 Å². The highest BCUT2D eigenvalue weighted by Gasteiger charge is 2.27. The number of aliphatic hydroxyl groups is 1. The van der Waals surface area contributed by atoms with Gasteiger partial charge in [-0.05, 0) is 0 Å². The van der Waals surface area contributed by atoms with Crippen molar-refractivity contribution in [3.8, 4) is 0 Å². The van der Waals surface area contributed by atoms with Crippen molar-refractivity contribution in [1.82, 2.24) is 0 Å². The molecule has 0 unspecified atom stereocenters. The second kappa shape index (κ2) is 2.94. The van der Waals surface area contributed by atoms with E-state index >= 15 is 0 Å². The lowest BCUT2D eigenvalue weighted by atomic mass is 10.0. The maximum absolute atomic E-state index is 11.3. The molecule has 0 radical (unpaired) electrons. The minimum atomic E-state index is 0.0460. The number of rotatable bonds is 0. The van der Waals surface area contributed by atoms with Gasteiger partial charge in [0.15, 0.2) is 5.78 Å². The zero-order chi connectivity index (χ0) is 8.55. The number of fused-ring (bicyclic) bond motifs is 1. The standard InChI is InChI=1S/C8H9NO2S/c10-5-1-3-9-8-7(5)6(11)2-4-12-8/h11H,1-4H2. The van der Waals surface area contributed by atoms with Crippen molar-refractivity contribution < 1.29 is 9.90 Å². The van der Waals surface area contributed by atoms with Crippen LogP contribution in [0.25, 0.3) is 0 Å². The molecule has 0 saturated carbocycles. The molecule has 0 aromatic heterocycles. The summed E-state index contributed by atoms with van der Waals surface area (Å²) in [5.74, 6) is 1.11. The number of aliphatic hydroxyl groups excluding tert-OH is 1. The number of Topliss-reactive ketones (excluding diaryl/α,β-unsaturated/α-hetero) is 1. The molecule has 2 heterocycles. The fourth-order valence-corrected chi connectivity index (χ4v) is 2.40. The van der Waals surface area contributed by atoms with Gasteiger partial charge >= 0.3 is 0 Å². The normalized spacial score (nSPS) is 23.7. The quantitative estimate of drug-likeness (QED) is 0.616. The maximum atomic E-state index is 11.3. The summed E-state index contributed by atoms with van der Waals surface area (Å²) in [7, 11) is 0. The van der Waals surface area contributed by atoms with Crippen molar-refractivity contribution in [3.05, 3.63) is 11.3 Å². The van der Waals surface area contributed by atoms with Crippen LogP contribution in [-0.2, 0) is 4.79 Å². The average Bonchev–Trinajstić information content (AvgIpc) is 2.04. The third kappa shape index (κ3) is 1.16. The van der Waals surface area contributed by atoms with Gasteiger partial charge in [0.05, 0.1) is 5.57 Å². The minimum absolute atomic E-state index is 0.0460.